The Bertz CT molecular complexity index is 494. The average molecular weight is 205 g/mol. The van der Waals surface area contributed by atoms with Gasteiger partial charge in [-0.1, -0.05) is 0 Å². The number of rotatable bonds is 2. The van der Waals surface area contributed by atoms with Crippen LogP contribution < -0.4 is 0 Å². The van der Waals surface area contributed by atoms with Crippen LogP contribution in [0.4, 0.5) is 5.69 Å². The van der Waals surface area contributed by atoms with E-state index in [2.05, 4.69) is 20.6 Å². The fraction of sp³-hybridized carbons (Fsp3) is 0.125. The van der Waals surface area contributed by atoms with Gasteiger partial charge in [-0.3, -0.25) is 10.1 Å². The van der Waals surface area contributed by atoms with Crippen LogP contribution in [0.2, 0.25) is 0 Å². The Labute approximate surface area is 84.3 Å². The fourth-order valence-corrected chi connectivity index (χ4v) is 1.29. The summed E-state index contributed by atoms with van der Waals surface area (Å²) in [5.41, 5.74) is 1.39. The number of nitrogens with zero attached hydrogens (tertiary/aromatic N) is 4. The first-order chi connectivity index (χ1) is 7.18. The summed E-state index contributed by atoms with van der Waals surface area (Å²) in [5.74, 6) is 0.494. The van der Waals surface area contributed by atoms with E-state index in [4.69, 9.17) is 0 Å². The monoisotopic (exact) mass is 205 g/mol. The molecule has 1 heterocycles. The first-order valence-corrected chi connectivity index (χ1v) is 4.17. The Morgan fingerprint density at radius 2 is 2.27 bits per heavy atom. The highest BCUT2D eigenvalue weighted by Gasteiger charge is 2.11. The van der Waals surface area contributed by atoms with Gasteiger partial charge in [0.2, 0.25) is 0 Å². The zero-order chi connectivity index (χ0) is 10.8. The summed E-state index contributed by atoms with van der Waals surface area (Å²) >= 11 is 0. The van der Waals surface area contributed by atoms with Crippen LogP contribution in [0.3, 0.4) is 0 Å². The van der Waals surface area contributed by atoms with E-state index < -0.39 is 4.92 Å². The molecule has 0 amide bonds. The summed E-state index contributed by atoms with van der Waals surface area (Å²) in [6, 6.07) is 4.71. The van der Waals surface area contributed by atoms with Gasteiger partial charge in [-0.15, -0.1) is 5.10 Å². The van der Waals surface area contributed by atoms with Crippen molar-refractivity contribution in [3.05, 3.63) is 33.9 Å². The Balaban J connectivity index is 2.47. The summed E-state index contributed by atoms with van der Waals surface area (Å²) < 4.78 is 0. The van der Waals surface area contributed by atoms with Crippen molar-refractivity contribution in [2.75, 3.05) is 0 Å². The quantitative estimate of drug-likeness (QED) is 0.584. The number of hydrogen-bond acceptors (Lipinski definition) is 5. The van der Waals surface area contributed by atoms with Gasteiger partial charge in [-0.05, 0) is 29.5 Å². The van der Waals surface area contributed by atoms with Gasteiger partial charge < -0.3 is 0 Å². The average Bonchev–Trinajstić information content (AvgIpc) is 2.69. The lowest BCUT2D eigenvalue weighted by Gasteiger charge is -1.98. The number of nitro benzene ring substituents is 1. The Hall–Kier alpha value is -2.31. The molecule has 0 saturated carbocycles. The molecule has 0 spiro atoms. The maximum atomic E-state index is 10.6. The van der Waals surface area contributed by atoms with Crippen LogP contribution in [-0.4, -0.2) is 25.5 Å². The molecule has 0 saturated heterocycles. The third-order valence-electron chi connectivity index (χ3n) is 2.01. The number of benzene rings is 1. The molecule has 0 aliphatic rings. The van der Waals surface area contributed by atoms with Crippen molar-refractivity contribution < 1.29 is 4.92 Å². The largest absolute Gasteiger partial charge is 0.272 e. The molecule has 0 atom stereocenters. The number of hydrogen-bond donors (Lipinski definition) is 1. The Morgan fingerprint density at radius 1 is 1.47 bits per heavy atom. The van der Waals surface area contributed by atoms with Gasteiger partial charge in [0, 0.05) is 17.2 Å². The number of H-pyrrole nitrogens is 1. The molecule has 1 aromatic carbocycles. The lowest BCUT2D eigenvalue weighted by atomic mass is 10.1. The third-order valence-corrected chi connectivity index (χ3v) is 2.01. The van der Waals surface area contributed by atoms with Gasteiger partial charge in [0.1, 0.15) is 0 Å². The van der Waals surface area contributed by atoms with Crippen LogP contribution in [0.25, 0.3) is 11.4 Å². The lowest BCUT2D eigenvalue weighted by Crippen LogP contribution is -1.92. The summed E-state index contributed by atoms with van der Waals surface area (Å²) in [6.07, 6.45) is 0. The van der Waals surface area contributed by atoms with E-state index in [1.54, 1.807) is 19.1 Å². The van der Waals surface area contributed by atoms with Crippen LogP contribution in [0.5, 0.6) is 0 Å². The smallest absolute Gasteiger partial charge is 0.258 e. The first kappa shape index (κ1) is 9.25. The summed E-state index contributed by atoms with van der Waals surface area (Å²) in [5, 5.41) is 23.7. The second kappa shape index (κ2) is 3.45. The molecule has 0 bridgehead atoms. The van der Waals surface area contributed by atoms with E-state index in [0.29, 0.717) is 11.4 Å². The van der Waals surface area contributed by atoms with Gasteiger partial charge >= 0.3 is 0 Å². The highest BCUT2D eigenvalue weighted by atomic mass is 16.6. The molecule has 0 aliphatic heterocycles. The maximum Gasteiger partial charge on any atom is 0.272 e. The van der Waals surface area contributed by atoms with E-state index in [0.717, 1.165) is 5.56 Å². The van der Waals surface area contributed by atoms with Gasteiger partial charge in [-0.2, -0.15) is 0 Å². The van der Waals surface area contributed by atoms with Crippen LogP contribution in [0, 0.1) is 17.0 Å². The first-order valence-electron chi connectivity index (χ1n) is 4.17. The van der Waals surface area contributed by atoms with E-state index in [1.165, 1.54) is 6.07 Å². The molecule has 7 nitrogen and oxygen atoms in total. The molecular weight excluding hydrogens is 198 g/mol. The number of nitrogens with one attached hydrogen (secondary N) is 1. The van der Waals surface area contributed by atoms with Crippen LogP contribution in [-0.2, 0) is 0 Å². The van der Waals surface area contributed by atoms with Crippen molar-refractivity contribution in [1.82, 2.24) is 20.6 Å². The second-order valence-corrected chi connectivity index (χ2v) is 3.01. The van der Waals surface area contributed by atoms with E-state index in [1.807, 2.05) is 0 Å². The van der Waals surface area contributed by atoms with Crippen LogP contribution in [0.15, 0.2) is 18.2 Å². The van der Waals surface area contributed by atoms with Crippen LogP contribution >= 0.6 is 0 Å². The van der Waals surface area contributed by atoms with E-state index in [9.17, 15) is 10.1 Å². The highest BCUT2D eigenvalue weighted by Crippen LogP contribution is 2.22. The van der Waals surface area contributed by atoms with E-state index in [-0.39, 0.29) is 5.69 Å². The van der Waals surface area contributed by atoms with Gasteiger partial charge in [-0.25, -0.2) is 5.10 Å². The molecule has 2 aromatic rings. The zero-order valence-corrected chi connectivity index (χ0v) is 7.84. The summed E-state index contributed by atoms with van der Waals surface area (Å²) in [6.45, 7) is 1.67. The molecule has 0 fully saturated rings. The molecule has 76 valence electrons. The molecular formula is C8H7N5O2. The second-order valence-electron chi connectivity index (χ2n) is 3.01. The standard InChI is InChI=1S/C8H7N5O2/c1-5-4-6(8-9-11-12-10-8)2-3-7(5)13(14)15/h2-4H,1H3,(H,9,10,11,12). The number of aryl methyl sites for hydroxylation is 1. The molecule has 0 aliphatic carbocycles. The predicted octanol–water partition coefficient (Wildman–Crippen LogP) is 1.08. The van der Waals surface area contributed by atoms with Crippen molar-refractivity contribution >= 4 is 5.69 Å². The normalized spacial score (nSPS) is 10.2. The number of aromatic amines is 1. The van der Waals surface area contributed by atoms with Crippen molar-refractivity contribution in [1.29, 1.82) is 0 Å². The van der Waals surface area contributed by atoms with Gasteiger partial charge in [0.15, 0.2) is 5.82 Å². The lowest BCUT2D eigenvalue weighted by molar-refractivity contribution is -0.385. The molecule has 2 rings (SSSR count). The predicted molar refractivity (Wildman–Crippen MR) is 51.0 cm³/mol. The fourth-order valence-electron chi connectivity index (χ4n) is 1.29. The van der Waals surface area contributed by atoms with Gasteiger partial charge in [0.25, 0.3) is 5.69 Å². The minimum absolute atomic E-state index is 0.0891. The van der Waals surface area contributed by atoms with Crippen molar-refractivity contribution in [2.24, 2.45) is 0 Å². The topological polar surface area (TPSA) is 97.6 Å². The van der Waals surface area contributed by atoms with Crippen molar-refractivity contribution in [3.8, 4) is 11.4 Å². The Kier molecular flexibility index (Phi) is 2.13. The number of tetrazole rings is 1. The summed E-state index contributed by atoms with van der Waals surface area (Å²) in [7, 11) is 0. The Morgan fingerprint density at radius 3 is 2.80 bits per heavy atom. The number of nitro groups is 1. The maximum absolute atomic E-state index is 10.6. The number of aromatic nitrogens is 4. The van der Waals surface area contributed by atoms with Crippen LogP contribution in [0.1, 0.15) is 5.56 Å². The molecule has 7 heteroatoms. The van der Waals surface area contributed by atoms with Crippen molar-refractivity contribution in [2.45, 2.75) is 6.92 Å². The molecule has 0 unspecified atom stereocenters. The zero-order valence-electron chi connectivity index (χ0n) is 7.84. The minimum atomic E-state index is -0.419. The third kappa shape index (κ3) is 1.66. The molecule has 1 aromatic heterocycles. The molecule has 0 radical (unpaired) electrons. The minimum Gasteiger partial charge on any atom is -0.258 e. The molecule has 1 N–H and O–H groups in total. The van der Waals surface area contributed by atoms with Gasteiger partial charge in [0.05, 0.1) is 4.92 Å². The molecule has 15 heavy (non-hydrogen) atoms. The highest BCUT2D eigenvalue weighted by molar-refractivity contribution is 5.59. The van der Waals surface area contributed by atoms with E-state index >= 15 is 0 Å². The SMILES string of the molecule is Cc1cc(-c2nnn[nH]2)ccc1[N+](=O)[O-]. The summed E-state index contributed by atoms with van der Waals surface area (Å²) in [4.78, 5) is 10.2. The van der Waals surface area contributed by atoms with Crippen molar-refractivity contribution in [3.63, 3.8) is 0 Å².